The minimum absolute atomic E-state index is 0. The van der Waals surface area contributed by atoms with E-state index in [1.165, 1.54) is 12.8 Å². The Hall–Kier alpha value is -0.830. The van der Waals surface area contributed by atoms with Gasteiger partial charge in [0.1, 0.15) is 6.10 Å². The van der Waals surface area contributed by atoms with Crippen LogP contribution in [0.4, 0.5) is 0 Å². The van der Waals surface area contributed by atoms with Crippen molar-refractivity contribution in [2.75, 3.05) is 13.2 Å². The molecule has 7 heteroatoms. The summed E-state index contributed by atoms with van der Waals surface area (Å²) < 4.78 is 7.70. The Bertz CT molecular complexity index is 471. The number of halogens is 1. The van der Waals surface area contributed by atoms with Gasteiger partial charge in [0, 0.05) is 38.4 Å². The molecule has 1 aliphatic heterocycles. The van der Waals surface area contributed by atoms with Crippen LogP contribution in [0.5, 0.6) is 0 Å². The predicted octanol–water partition coefficient (Wildman–Crippen LogP) is 1.18. The predicted molar refractivity (Wildman–Crippen MR) is 88.1 cm³/mol. The number of rotatable bonds is 4. The average Bonchev–Trinajstić information content (AvgIpc) is 2.91. The van der Waals surface area contributed by atoms with Gasteiger partial charge in [0.2, 0.25) is 0 Å². The number of hydrogen-bond donors (Lipinski definition) is 2. The second-order valence-corrected chi connectivity index (χ2v) is 5.36. The minimum Gasteiger partial charge on any atom is -0.372 e. The molecule has 3 N–H and O–H groups in total. The highest BCUT2D eigenvalue weighted by Crippen LogP contribution is 2.34. The van der Waals surface area contributed by atoms with Gasteiger partial charge in [-0.15, -0.1) is 24.0 Å². The van der Waals surface area contributed by atoms with E-state index in [4.69, 9.17) is 10.5 Å². The van der Waals surface area contributed by atoms with Crippen molar-refractivity contribution in [3.63, 3.8) is 0 Å². The Morgan fingerprint density at radius 2 is 2.35 bits per heavy atom. The zero-order valence-corrected chi connectivity index (χ0v) is 14.0. The smallest absolute Gasteiger partial charge is 0.188 e. The van der Waals surface area contributed by atoms with Crippen molar-refractivity contribution < 1.29 is 4.74 Å². The molecule has 2 aliphatic rings. The van der Waals surface area contributed by atoms with Crippen molar-refractivity contribution in [1.82, 2.24) is 15.1 Å². The summed E-state index contributed by atoms with van der Waals surface area (Å²) in [5, 5.41) is 7.41. The summed E-state index contributed by atoms with van der Waals surface area (Å²) >= 11 is 0. The first-order valence-corrected chi connectivity index (χ1v) is 6.90. The molecule has 1 aliphatic carbocycles. The number of hydrogen-bond acceptors (Lipinski definition) is 3. The zero-order valence-electron chi connectivity index (χ0n) is 11.7. The van der Waals surface area contributed by atoms with Crippen molar-refractivity contribution in [1.29, 1.82) is 0 Å². The Labute approximate surface area is 136 Å². The van der Waals surface area contributed by atoms with Crippen LogP contribution in [0.3, 0.4) is 0 Å². The van der Waals surface area contributed by atoms with E-state index in [1.54, 1.807) is 6.20 Å². The molecule has 0 radical (unpaired) electrons. The van der Waals surface area contributed by atoms with Gasteiger partial charge in [-0.25, -0.2) is 0 Å². The molecular weight excluding hydrogens is 369 g/mol. The minimum atomic E-state index is 0. The third-order valence-corrected chi connectivity index (χ3v) is 3.79. The van der Waals surface area contributed by atoms with Gasteiger partial charge in [-0.05, 0) is 25.3 Å². The highest BCUT2D eigenvalue weighted by molar-refractivity contribution is 14.0. The van der Waals surface area contributed by atoms with E-state index < -0.39 is 0 Å². The lowest BCUT2D eigenvalue weighted by Crippen LogP contribution is -2.34. The topological polar surface area (TPSA) is 77.5 Å². The Balaban J connectivity index is 0.00000147. The molecule has 2 atom stereocenters. The maximum atomic E-state index is 5.87. The Morgan fingerprint density at radius 1 is 1.55 bits per heavy atom. The molecule has 0 aromatic carbocycles. The number of nitrogens with one attached hydrogen (secondary N) is 1. The fourth-order valence-electron chi connectivity index (χ4n) is 2.51. The normalized spacial score (nSPS) is 26.4. The molecule has 2 heterocycles. The molecule has 1 aromatic rings. The number of nitrogens with zero attached hydrogens (tertiary/aromatic N) is 3. The van der Waals surface area contributed by atoms with Crippen LogP contribution in [-0.2, 0) is 11.8 Å². The fourth-order valence-corrected chi connectivity index (χ4v) is 2.51. The van der Waals surface area contributed by atoms with E-state index in [2.05, 4.69) is 15.4 Å². The van der Waals surface area contributed by atoms with Crippen molar-refractivity contribution in [2.45, 2.75) is 31.4 Å². The standard InChI is InChI=1S/C13H21N5O.HI/c1-18-11(4-6-16-18)12-9(5-7-19-12)8-15-13(14)17-10-2-3-10;/h4,6,9-10,12H,2-3,5,7-8H2,1H3,(H3,14,15,17);1H/t9-,12+;/m0./s1. The third-order valence-electron chi connectivity index (χ3n) is 3.79. The Kier molecular flexibility index (Phi) is 5.25. The second kappa shape index (κ2) is 6.75. The first-order valence-electron chi connectivity index (χ1n) is 6.90. The molecule has 1 aromatic heterocycles. The van der Waals surface area contributed by atoms with E-state index in [1.807, 2.05) is 17.8 Å². The van der Waals surface area contributed by atoms with Crippen LogP contribution in [-0.4, -0.2) is 34.9 Å². The first kappa shape index (κ1) is 15.6. The van der Waals surface area contributed by atoms with Gasteiger partial charge >= 0.3 is 0 Å². The third kappa shape index (κ3) is 3.63. The summed E-state index contributed by atoms with van der Waals surface area (Å²) in [6.07, 6.45) is 5.34. The largest absolute Gasteiger partial charge is 0.372 e. The molecule has 0 unspecified atom stereocenters. The summed E-state index contributed by atoms with van der Waals surface area (Å²) in [7, 11) is 1.94. The molecule has 2 fully saturated rings. The van der Waals surface area contributed by atoms with Crippen LogP contribution in [0.15, 0.2) is 17.3 Å². The highest BCUT2D eigenvalue weighted by atomic mass is 127. The van der Waals surface area contributed by atoms with Gasteiger partial charge < -0.3 is 15.8 Å². The molecule has 1 saturated heterocycles. The van der Waals surface area contributed by atoms with Gasteiger partial charge in [-0.1, -0.05) is 0 Å². The summed E-state index contributed by atoms with van der Waals surface area (Å²) in [4.78, 5) is 4.45. The molecule has 0 spiro atoms. The number of aryl methyl sites for hydroxylation is 1. The molecule has 6 nitrogen and oxygen atoms in total. The van der Waals surface area contributed by atoms with Crippen LogP contribution in [0.25, 0.3) is 0 Å². The number of aromatic nitrogens is 2. The molecule has 112 valence electrons. The van der Waals surface area contributed by atoms with Gasteiger partial charge in [0.15, 0.2) is 5.96 Å². The van der Waals surface area contributed by atoms with E-state index in [0.717, 1.165) is 18.7 Å². The van der Waals surface area contributed by atoms with Crippen LogP contribution in [0, 0.1) is 5.92 Å². The average molecular weight is 391 g/mol. The lowest BCUT2D eigenvalue weighted by molar-refractivity contribution is 0.0859. The van der Waals surface area contributed by atoms with Crippen molar-refractivity contribution in [3.05, 3.63) is 18.0 Å². The van der Waals surface area contributed by atoms with Gasteiger partial charge in [0.25, 0.3) is 0 Å². The molecule has 20 heavy (non-hydrogen) atoms. The molecule has 3 rings (SSSR count). The zero-order chi connectivity index (χ0) is 13.2. The molecular formula is C13H22IN5O. The fraction of sp³-hybridized carbons (Fsp3) is 0.692. The monoisotopic (exact) mass is 391 g/mol. The quantitative estimate of drug-likeness (QED) is 0.459. The van der Waals surface area contributed by atoms with Crippen molar-refractivity contribution in [3.8, 4) is 0 Å². The SMILES string of the molecule is Cn1nccc1[C@@H]1OCC[C@H]1CN=C(N)NC1CC1.I. The van der Waals surface area contributed by atoms with Gasteiger partial charge in [-0.2, -0.15) is 5.10 Å². The van der Waals surface area contributed by atoms with Crippen molar-refractivity contribution >= 4 is 29.9 Å². The number of nitrogens with two attached hydrogens (primary N) is 1. The van der Waals surface area contributed by atoms with Crippen LogP contribution < -0.4 is 11.1 Å². The number of aliphatic imine (C=N–C) groups is 1. The Morgan fingerprint density at radius 3 is 3.00 bits per heavy atom. The molecule has 0 amide bonds. The van der Waals surface area contributed by atoms with Crippen LogP contribution in [0.2, 0.25) is 0 Å². The second-order valence-electron chi connectivity index (χ2n) is 5.36. The first-order chi connectivity index (χ1) is 9.24. The van der Waals surface area contributed by atoms with Gasteiger partial charge in [-0.3, -0.25) is 9.67 Å². The van der Waals surface area contributed by atoms with Gasteiger partial charge in [0.05, 0.1) is 5.69 Å². The van der Waals surface area contributed by atoms with Crippen LogP contribution in [0.1, 0.15) is 31.1 Å². The molecule has 1 saturated carbocycles. The van der Waals surface area contributed by atoms with Crippen molar-refractivity contribution in [2.24, 2.45) is 23.7 Å². The lowest BCUT2D eigenvalue weighted by Gasteiger charge is -2.17. The van der Waals surface area contributed by atoms with E-state index >= 15 is 0 Å². The maximum Gasteiger partial charge on any atom is 0.188 e. The summed E-state index contributed by atoms with van der Waals surface area (Å²) in [5.74, 6) is 0.952. The summed E-state index contributed by atoms with van der Waals surface area (Å²) in [6.45, 7) is 1.49. The number of guanidine groups is 1. The molecule has 0 bridgehead atoms. The highest BCUT2D eigenvalue weighted by Gasteiger charge is 2.31. The summed E-state index contributed by atoms with van der Waals surface area (Å²) in [6, 6.07) is 2.56. The summed E-state index contributed by atoms with van der Waals surface area (Å²) in [5.41, 5.74) is 6.98. The lowest BCUT2D eigenvalue weighted by atomic mass is 9.99. The maximum absolute atomic E-state index is 5.87. The van der Waals surface area contributed by atoms with E-state index in [0.29, 0.717) is 24.5 Å². The van der Waals surface area contributed by atoms with Crippen LogP contribution >= 0.6 is 24.0 Å². The van der Waals surface area contributed by atoms with E-state index in [-0.39, 0.29) is 30.1 Å². The van der Waals surface area contributed by atoms with E-state index in [9.17, 15) is 0 Å². The number of ether oxygens (including phenoxy) is 1.